The van der Waals surface area contributed by atoms with E-state index in [0.717, 1.165) is 0 Å². The average Bonchev–Trinajstić information content (AvgIpc) is 2.39. The van der Waals surface area contributed by atoms with Crippen LogP contribution >= 0.6 is 0 Å². The van der Waals surface area contributed by atoms with Crippen molar-refractivity contribution in [2.24, 2.45) is 0 Å². The SMILES string of the molecule is Cc1ccc(C#N)cc1S(=O)(=O)Nc1ccccc1. The van der Waals surface area contributed by atoms with Gasteiger partial charge in [0.2, 0.25) is 0 Å². The third kappa shape index (κ3) is 2.92. The molecule has 96 valence electrons. The lowest BCUT2D eigenvalue weighted by Crippen LogP contribution is -2.14. The van der Waals surface area contributed by atoms with Gasteiger partial charge >= 0.3 is 0 Å². The number of nitriles is 1. The quantitative estimate of drug-likeness (QED) is 0.933. The standard InChI is InChI=1S/C14H12N2O2S/c1-11-7-8-12(10-15)9-14(11)19(17,18)16-13-5-3-2-4-6-13/h2-9,16H,1H3. The molecule has 0 aliphatic rings. The molecular weight excluding hydrogens is 260 g/mol. The van der Waals surface area contributed by atoms with E-state index in [1.807, 2.05) is 6.07 Å². The zero-order valence-corrected chi connectivity index (χ0v) is 11.1. The minimum atomic E-state index is -3.68. The second-order valence-corrected chi connectivity index (χ2v) is 5.71. The number of anilines is 1. The lowest BCUT2D eigenvalue weighted by atomic mass is 10.2. The first-order valence-electron chi connectivity index (χ1n) is 5.61. The molecule has 0 aromatic heterocycles. The maximum Gasteiger partial charge on any atom is 0.262 e. The molecule has 0 saturated heterocycles. The van der Waals surface area contributed by atoms with Crippen LogP contribution in [0.25, 0.3) is 0 Å². The number of benzene rings is 2. The zero-order valence-electron chi connectivity index (χ0n) is 10.3. The van der Waals surface area contributed by atoms with Crippen molar-refractivity contribution in [1.29, 1.82) is 5.26 Å². The molecule has 0 amide bonds. The predicted molar refractivity (Wildman–Crippen MR) is 73.1 cm³/mol. The zero-order chi connectivity index (χ0) is 13.9. The van der Waals surface area contributed by atoms with Gasteiger partial charge in [-0.2, -0.15) is 5.26 Å². The van der Waals surface area contributed by atoms with Gasteiger partial charge in [-0.1, -0.05) is 24.3 Å². The van der Waals surface area contributed by atoms with E-state index in [0.29, 0.717) is 16.8 Å². The summed E-state index contributed by atoms with van der Waals surface area (Å²) in [6, 6.07) is 15.2. The summed E-state index contributed by atoms with van der Waals surface area (Å²) in [7, 11) is -3.68. The van der Waals surface area contributed by atoms with Gasteiger partial charge in [-0.25, -0.2) is 8.42 Å². The Bertz CT molecular complexity index is 732. The fraction of sp³-hybridized carbons (Fsp3) is 0.0714. The van der Waals surface area contributed by atoms with Gasteiger partial charge in [-0.15, -0.1) is 0 Å². The highest BCUT2D eigenvalue weighted by Crippen LogP contribution is 2.20. The molecule has 0 aliphatic heterocycles. The van der Waals surface area contributed by atoms with Crippen LogP contribution in [0.4, 0.5) is 5.69 Å². The highest BCUT2D eigenvalue weighted by molar-refractivity contribution is 7.92. The van der Waals surface area contributed by atoms with Crippen molar-refractivity contribution in [3.05, 3.63) is 59.7 Å². The van der Waals surface area contributed by atoms with E-state index in [4.69, 9.17) is 5.26 Å². The van der Waals surface area contributed by atoms with Crippen LogP contribution in [-0.4, -0.2) is 8.42 Å². The number of aryl methyl sites for hydroxylation is 1. The molecule has 0 atom stereocenters. The predicted octanol–water partition coefficient (Wildman–Crippen LogP) is 2.67. The van der Waals surface area contributed by atoms with Gasteiger partial charge in [0.05, 0.1) is 16.5 Å². The molecule has 0 unspecified atom stereocenters. The summed E-state index contributed by atoms with van der Waals surface area (Å²) in [6.07, 6.45) is 0. The molecule has 0 spiro atoms. The topological polar surface area (TPSA) is 70.0 Å². The van der Waals surface area contributed by atoms with Gasteiger partial charge in [0.1, 0.15) is 0 Å². The lowest BCUT2D eigenvalue weighted by Gasteiger charge is -2.10. The van der Waals surface area contributed by atoms with Crippen LogP contribution in [0.3, 0.4) is 0 Å². The number of para-hydroxylation sites is 1. The minimum absolute atomic E-state index is 0.121. The molecule has 2 aromatic carbocycles. The van der Waals surface area contributed by atoms with E-state index in [1.54, 1.807) is 49.4 Å². The van der Waals surface area contributed by atoms with Crippen molar-refractivity contribution < 1.29 is 8.42 Å². The molecule has 2 aromatic rings. The average molecular weight is 272 g/mol. The van der Waals surface area contributed by atoms with Gasteiger partial charge in [-0.05, 0) is 36.8 Å². The van der Waals surface area contributed by atoms with E-state index in [2.05, 4.69) is 4.72 Å². The molecule has 1 N–H and O–H groups in total. The summed E-state index contributed by atoms with van der Waals surface area (Å²) in [5, 5.41) is 8.84. The molecule has 19 heavy (non-hydrogen) atoms. The Morgan fingerprint density at radius 3 is 2.42 bits per heavy atom. The van der Waals surface area contributed by atoms with Crippen LogP contribution in [0, 0.1) is 18.3 Å². The maximum atomic E-state index is 12.3. The third-order valence-electron chi connectivity index (χ3n) is 2.63. The third-order valence-corrected chi connectivity index (χ3v) is 4.16. The number of sulfonamides is 1. The Kier molecular flexibility index (Phi) is 3.54. The van der Waals surface area contributed by atoms with Crippen LogP contribution in [0.15, 0.2) is 53.4 Å². The minimum Gasteiger partial charge on any atom is -0.280 e. The Morgan fingerprint density at radius 1 is 1.11 bits per heavy atom. The summed E-state index contributed by atoms with van der Waals surface area (Å²) >= 11 is 0. The molecule has 0 aliphatic carbocycles. The van der Waals surface area contributed by atoms with Crippen LogP contribution in [-0.2, 0) is 10.0 Å². The van der Waals surface area contributed by atoms with Crippen LogP contribution in [0.1, 0.15) is 11.1 Å². The molecule has 2 rings (SSSR count). The second-order valence-electron chi connectivity index (χ2n) is 4.06. The fourth-order valence-electron chi connectivity index (χ4n) is 1.68. The maximum absolute atomic E-state index is 12.3. The van der Waals surface area contributed by atoms with E-state index in [-0.39, 0.29) is 4.90 Å². The Hall–Kier alpha value is -2.32. The van der Waals surface area contributed by atoms with Crippen molar-refractivity contribution in [2.75, 3.05) is 4.72 Å². The highest BCUT2D eigenvalue weighted by atomic mass is 32.2. The van der Waals surface area contributed by atoms with Crippen LogP contribution < -0.4 is 4.72 Å². The van der Waals surface area contributed by atoms with Crippen LogP contribution in [0.2, 0.25) is 0 Å². The fourth-order valence-corrected chi connectivity index (χ4v) is 3.01. The molecule has 4 nitrogen and oxygen atoms in total. The van der Waals surface area contributed by atoms with E-state index in [9.17, 15) is 8.42 Å². The van der Waals surface area contributed by atoms with E-state index in [1.165, 1.54) is 6.07 Å². The molecule has 5 heteroatoms. The summed E-state index contributed by atoms with van der Waals surface area (Å²) in [5.41, 5.74) is 1.41. The summed E-state index contributed by atoms with van der Waals surface area (Å²) in [4.78, 5) is 0.121. The van der Waals surface area contributed by atoms with Crippen molar-refractivity contribution >= 4 is 15.7 Å². The second kappa shape index (κ2) is 5.12. The van der Waals surface area contributed by atoms with Crippen molar-refractivity contribution in [2.45, 2.75) is 11.8 Å². The summed E-state index contributed by atoms with van der Waals surface area (Å²) in [5.74, 6) is 0. The van der Waals surface area contributed by atoms with Gasteiger partial charge in [0, 0.05) is 5.69 Å². The first kappa shape index (κ1) is 13.1. The monoisotopic (exact) mass is 272 g/mol. The van der Waals surface area contributed by atoms with Gasteiger partial charge in [0.25, 0.3) is 10.0 Å². The number of nitrogens with one attached hydrogen (secondary N) is 1. The molecule has 0 heterocycles. The Labute approximate surface area is 112 Å². The Balaban J connectivity index is 2.43. The van der Waals surface area contributed by atoms with Crippen molar-refractivity contribution in [1.82, 2.24) is 0 Å². The molecular formula is C14H12N2O2S. The first-order chi connectivity index (χ1) is 9.03. The first-order valence-corrected chi connectivity index (χ1v) is 7.10. The molecule has 0 radical (unpaired) electrons. The number of hydrogen-bond acceptors (Lipinski definition) is 3. The number of hydrogen-bond donors (Lipinski definition) is 1. The highest BCUT2D eigenvalue weighted by Gasteiger charge is 2.17. The molecule has 0 saturated carbocycles. The van der Waals surface area contributed by atoms with Crippen molar-refractivity contribution in [3.8, 4) is 6.07 Å². The van der Waals surface area contributed by atoms with Crippen LogP contribution in [0.5, 0.6) is 0 Å². The lowest BCUT2D eigenvalue weighted by molar-refractivity contribution is 0.600. The van der Waals surface area contributed by atoms with E-state index >= 15 is 0 Å². The van der Waals surface area contributed by atoms with Gasteiger partial charge in [-0.3, -0.25) is 4.72 Å². The smallest absolute Gasteiger partial charge is 0.262 e. The number of nitrogens with zero attached hydrogens (tertiary/aromatic N) is 1. The van der Waals surface area contributed by atoms with E-state index < -0.39 is 10.0 Å². The van der Waals surface area contributed by atoms with Gasteiger partial charge in [0.15, 0.2) is 0 Å². The largest absolute Gasteiger partial charge is 0.280 e. The normalized spacial score (nSPS) is 10.7. The number of rotatable bonds is 3. The summed E-state index contributed by atoms with van der Waals surface area (Å²) < 4.78 is 27.0. The summed E-state index contributed by atoms with van der Waals surface area (Å²) in [6.45, 7) is 1.70. The molecule has 0 fully saturated rings. The van der Waals surface area contributed by atoms with Gasteiger partial charge < -0.3 is 0 Å². The molecule has 0 bridgehead atoms. The Morgan fingerprint density at radius 2 is 1.79 bits per heavy atom. The van der Waals surface area contributed by atoms with Crippen molar-refractivity contribution in [3.63, 3.8) is 0 Å².